The number of aliphatic imine (C=N–C) groups is 1. The summed E-state index contributed by atoms with van der Waals surface area (Å²) in [5, 5.41) is 8.04. The van der Waals surface area contributed by atoms with Crippen LogP contribution in [-0.4, -0.2) is 79.5 Å². The number of benzene rings is 1. The van der Waals surface area contributed by atoms with Gasteiger partial charge >= 0.3 is 0 Å². The van der Waals surface area contributed by atoms with Gasteiger partial charge in [-0.2, -0.15) is 5.10 Å². The number of hydrogen-bond acceptors (Lipinski definition) is 5. The van der Waals surface area contributed by atoms with Crippen molar-refractivity contribution in [3.8, 4) is 11.5 Å². The van der Waals surface area contributed by atoms with Crippen LogP contribution in [0, 0.1) is 13.8 Å². The molecule has 170 valence electrons. The minimum atomic E-state index is 0.850. The number of piperazine rings is 1. The van der Waals surface area contributed by atoms with Crippen LogP contribution in [0.25, 0.3) is 0 Å². The molecule has 0 aliphatic carbocycles. The van der Waals surface area contributed by atoms with Crippen LogP contribution in [0.3, 0.4) is 0 Å². The molecule has 1 aliphatic rings. The SMILES string of the molecule is CN=C(NCCCn1nc(C)cc1C)N1CCN(Cc2cc(OC)ccc2OC)CC1. The quantitative estimate of drug-likeness (QED) is 0.395. The van der Waals surface area contributed by atoms with Gasteiger partial charge in [0.15, 0.2) is 5.96 Å². The van der Waals surface area contributed by atoms with E-state index in [1.807, 2.05) is 26.1 Å². The third-order valence-electron chi connectivity index (χ3n) is 5.70. The molecule has 1 aromatic heterocycles. The summed E-state index contributed by atoms with van der Waals surface area (Å²) in [7, 11) is 5.27. The molecule has 0 spiro atoms. The maximum absolute atomic E-state index is 5.53. The van der Waals surface area contributed by atoms with Gasteiger partial charge in [-0.25, -0.2) is 0 Å². The molecule has 2 heterocycles. The summed E-state index contributed by atoms with van der Waals surface area (Å²) >= 11 is 0. The van der Waals surface area contributed by atoms with Crippen molar-refractivity contribution in [3.05, 3.63) is 41.2 Å². The highest BCUT2D eigenvalue weighted by molar-refractivity contribution is 5.79. The maximum atomic E-state index is 5.53. The second-order valence-electron chi connectivity index (χ2n) is 7.92. The van der Waals surface area contributed by atoms with E-state index in [1.54, 1.807) is 14.2 Å². The van der Waals surface area contributed by atoms with E-state index in [1.165, 1.54) is 5.69 Å². The van der Waals surface area contributed by atoms with E-state index in [2.05, 4.69) is 48.9 Å². The van der Waals surface area contributed by atoms with Gasteiger partial charge in [0.1, 0.15) is 11.5 Å². The number of nitrogens with zero attached hydrogens (tertiary/aromatic N) is 5. The Hall–Kier alpha value is -2.74. The summed E-state index contributed by atoms with van der Waals surface area (Å²) in [6.07, 6.45) is 1.01. The summed E-state index contributed by atoms with van der Waals surface area (Å²) in [6, 6.07) is 8.09. The van der Waals surface area contributed by atoms with Crippen LogP contribution in [-0.2, 0) is 13.1 Å². The van der Waals surface area contributed by atoms with Crippen molar-refractivity contribution in [1.29, 1.82) is 0 Å². The van der Waals surface area contributed by atoms with Crippen molar-refractivity contribution in [2.75, 3.05) is 54.0 Å². The fourth-order valence-electron chi connectivity index (χ4n) is 4.03. The third-order valence-corrected chi connectivity index (χ3v) is 5.70. The number of hydrogen-bond donors (Lipinski definition) is 1. The fourth-order valence-corrected chi connectivity index (χ4v) is 4.03. The van der Waals surface area contributed by atoms with Crippen molar-refractivity contribution < 1.29 is 9.47 Å². The van der Waals surface area contributed by atoms with Gasteiger partial charge in [-0.1, -0.05) is 0 Å². The summed E-state index contributed by atoms with van der Waals surface area (Å²) < 4.78 is 13.0. The molecule has 0 atom stereocenters. The largest absolute Gasteiger partial charge is 0.497 e. The van der Waals surface area contributed by atoms with Gasteiger partial charge in [-0.15, -0.1) is 0 Å². The maximum Gasteiger partial charge on any atom is 0.193 e. The number of nitrogens with one attached hydrogen (secondary N) is 1. The fraction of sp³-hybridized carbons (Fsp3) is 0.565. The lowest BCUT2D eigenvalue weighted by Crippen LogP contribution is -2.52. The molecule has 0 saturated carbocycles. The van der Waals surface area contributed by atoms with Gasteiger partial charge < -0.3 is 19.7 Å². The Morgan fingerprint density at radius 3 is 2.48 bits per heavy atom. The predicted octanol–water partition coefficient (Wildman–Crippen LogP) is 2.30. The number of ether oxygens (including phenoxy) is 2. The molecule has 8 nitrogen and oxygen atoms in total. The van der Waals surface area contributed by atoms with E-state index in [0.29, 0.717) is 0 Å². The highest BCUT2D eigenvalue weighted by atomic mass is 16.5. The van der Waals surface area contributed by atoms with Gasteiger partial charge in [0.2, 0.25) is 0 Å². The van der Waals surface area contributed by atoms with Gasteiger partial charge in [-0.05, 0) is 44.5 Å². The van der Waals surface area contributed by atoms with Crippen LogP contribution >= 0.6 is 0 Å². The molecule has 1 saturated heterocycles. The van der Waals surface area contributed by atoms with E-state index in [-0.39, 0.29) is 0 Å². The van der Waals surface area contributed by atoms with Crippen LogP contribution in [0.1, 0.15) is 23.4 Å². The second kappa shape index (κ2) is 11.0. The summed E-state index contributed by atoms with van der Waals surface area (Å²) in [5.41, 5.74) is 3.44. The Kier molecular flexibility index (Phi) is 8.17. The van der Waals surface area contributed by atoms with Crippen LogP contribution < -0.4 is 14.8 Å². The first-order valence-corrected chi connectivity index (χ1v) is 10.9. The molecule has 31 heavy (non-hydrogen) atoms. The minimum Gasteiger partial charge on any atom is -0.497 e. The number of guanidine groups is 1. The van der Waals surface area contributed by atoms with Gasteiger partial charge in [-0.3, -0.25) is 14.6 Å². The van der Waals surface area contributed by atoms with Crippen molar-refractivity contribution in [2.24, 2.45) is 4.99 Å². The zero-order valence-corrected chi connectivity index (χ0v) is 19.5. The van der Waals surface area contributed by atoms with Crippen molar-refractivity contribution >= 4 is 5.96 Å². The Bertz CT molecular complexity index is 871. The standard InChI is InChI=1S/C23H36N6O2/c1-18-15-19(2)29(26-18)10-6-9-25-23(24-3)28-13-11-27(12-14-28)17-20-16-21(30-4)7-8-22(20)31-5/h7-8,15-16H,6,9-14,17H2,1-5H3,(H,24,25). The zero-order valence-electron chi connectivity index (χ0n) is 19.5. The molecular weight excluding hydrogens is 392 g/mol. The van der Waals surface area contributed by atoms with Gasteiger partial charge in [0, 0.05) is 64.1 Å². The van der Waals surface area contributed by atoms with Crippen LogP contribution in [0.2, 0.25) is 0 Å². The normalized spacial score (nSPS) is 15.3. The highest BCUT2D eigenvalue weighted by Gasteiger charge is 2.20. The lowest BCUT2D eigenvalue weighted by Gasteiger charge is -2.36. The van der Waals surface area contributed by atoms with E-state index in [0.717, 1.165) is 81.0 Å². The van der Waals surface area contributed by atoms with Crippen LogP contribution in [0.5, 0.6) is 11.5 Å². The molecule has 0 amide bonds. The Morgan fingerprint density at radius 2 is 1.87 bits per heavy atom. The lowest BCUT2D eigenvalue weighted by atomic mass is 10.1. The summed E-state index contributed by atoms with van der Waals surface area (Å²) in [4.78, 5) is 9.28. The van der Waals surface area contributed by atoms with E-state index >= 15 is 0 Å². The van der Waals surface area contributed by atoms with Crippen molar-refractivity contribution in [1.82, 2.24) is 24.9 Å². The van der Waals surface area contributed by atoms with Crippen LogP contribution in [0.4, 0.5) is 0 Å². The van der Waals surface area contributed by atoms with Gasteiger partial charge in [0.05, 0.1) is 19.9 Å². The average molecular weight is 429 g/mol. The molecule has 1 aliphatic heterocycles. The van der Waals surface area contributed by atoms with E-state index in [9.17, 15) is 0 Å². The number of rotatable bonds is 8. The van der Waals surface area contributed by atoms with Gasteiger partial charge in [0.25, 0.3) is 0 Å². The minimum absolute atomic E-state index is 0.850. The highest BCUT2D eigenvalue weighted by Crippen LogP contribution is 2.25. The first-order valence-electron chi connectivity index (χ1n) is 10.9. The van der Waals surface area contributed by atoms with Crippen molar-refractivity contribution in [3.63, 3.8) is 0 Å². The summed E-state index contributed by atoms with van der Waals surface area (Å²) in [5.74, 6) is 2.75. The molecule has 3 rings (SSSR count). The van der Waals surface area contributed by atoms with E-state index < -0.39 is 0 Å². The number of aromatic nitrogens is 2. The second-order valence-corrected chi connectivity index (χ2v) is 7.92. The lowest BCUT2D eigenvalue weighted by molar-refractivity contribution is 0.171. The molecular formula is C23H36N6O2. The first-order chi connectivity index (χ1) is 15.0. The molecule has 2 aromatic rings. The average Bonchev–Trinajstić information content (AvgIpc) is 3.11. The molecule has 0 bridgehead atoms. The Balaban J connectivity index is 1.45. The Morgan fingerprint density at radius 1 is 1.10 bits per heavy atom. The molecule has 1 aromatic carbocycles. The van der Waals surface area contributed by atoms with Crippen LogP contribution in [0.15, 0.2) is 29.3 Å². The van der Waals surface area contributed by atoms with E-state index in [4.69, 9.17) is 9.47 Å². The molecule has 8 heteroatoms. The number of methoxy groups -OCH3 is 2. The molecule has 1 fully saturated rings. The number of aryl methyl sites for hydroxylation is 3. The zero-order chi connectivity index (χ0) is 22.2. The summed E-state index contributed by atoms with van der Waals surface area (Å²) in [6.45, 7) is 10.6. The molecule has 0 radical (unpaired) electrons. The Labute approximate surface area is 185 Å². The third kappa shape index (κ3) is 6.13. The van der Waals surface area contributed by atoms with Crippen molar-refractivity contribution in [2.45, 2.75) is 33.4 Å². The predicted molar refractivity (Wildman–Crippen MR) is 124 cm³/mol. The molecule has 1 N–H and O–H groups in total. The monoisotopic (exact) mass is 428 g/mol. The molecule has 0 unspecified atom stereocenters. The topological polar surface area (TPSA) is 67.2 Å². The first kappa shape index (κ1) is 22.9. The smallest absolute Gasteiger partial charge is 0.193 e.